The van der Waals surface area contributed by atoms with Crippen molar-refractivity contribution < 1.29 is 4.74 Å². The standard InChI is InChI=1S/C10H14N4OS/c1-15-5-4-11-7-9-12-10(14-13-9)8-3-2-6-16-8/h2-3,6,11H,4-5,7H2,1H3,(H,12,13,14). The number of hydrogen-bond donors (Lipinski definition) is 2. The maximum Gasteiger partial charge on any atom is 0.191 e. The Morgan fingerprint density at radius 1 is 1.56 bits per heavy atom. The van der Waals surface area contributed by atoms with Crippen LogP contribution in [0.4, 0.5) is 0 Å². The van der Waals surface area contributed by atoms with E-state index >= 15 is 0 Å². The van der Waals surface area contributed by atoms with Gasteiger partial charge in [0.25, 0.3) is 0 Å². The van der Waals surface area contributed by atoms with E-state index in [4.69, 9.17) is 4.74 Å². The molecule has 5 nitrogen and oxygen atoms in total. The van der Waals surface area contributed by atoms with Crippen LogP contribution in [0, 0.1) is 0 Å². The monoisotopic (exact) mass is 238 g/mol. The van der Waals surface area contributed by atoms with Crippen molar-refractivity contribution in [2.75, 3.05) is 20.3 Å². The van der Waals surface area contributed by atoms with Crippen LogP contribution in [0.1, 0.15) is 5.82 Å². The summed E-state index contributed by atoms with van der Waals surface area (Å²) in [5.41, 5.74) is 0. The van der Waals surface area contributed by atoms with E-state index in [1.165, 1.54) is 0 Å². The van der Waals surface area contributed by atoms with Gasteiger partial charge in [0.15, 0.2) is 5.82 Å². The van der Waals surface area contributed by atoms with E-state index in [-0.39, 0.29) is 0 Å². The number of ether oxygens (including phenoxy) is 1. The molecule has 0 unspecified atom stereocenters. The molecule has 2 heterocycles. The molecule has 16 heavy (non-hydrogen) atoms. The molecule has 0 spiro atoms. The van der Waals surface area contributed by atoms with Gasteiger partial charge >= 0.3 is 0 Å². The highest BCUT2D eigenvalue weighted by molar-refractivity contribution is 7.13. The Balaban J connectivity index is 1.88. The fourth-order valence-electron chi connectivity index (χ4n) is 1.27. The summed E-state index contributed by atoms with van der Waals surface area (Å²) in [5.74, 6) is 1.61. The Bertz CT molecular complexity index is 412. The zero-order chi connectivity index (χ0) is 11.2. The molecule has 0 fully saturated rings. The lowest BCUT2D eigenvalue weighted by Crippen LogP contribution is -2.19. The third kappa shape index (κ3) is 2.88. The van der Waals surface area contributed by atoms with E-state index in [0.29, 0.717) is 13.2 Å². The molecule has 0 aliphatic rings. The van der Waals surface area contributed by atoms with E-state index < -0.39 is 0 Å². The van der Waals surface area contributed by atoms with E-state index in [1.54, 1.807) is 18.4 Å². The first-order chi connectivity index (χ1) is 7.90. The summed E-state index contributed by atoms with van der Waals surface area (Å²) in [6, 6.07) is 4.00. The smallest absolute Gasteiger partial charge is 0.191 e. The average molecular weight is 238 g/mol. The van der Waals surface area contributed by atoms with Crippen molar-refractivity contribution in [3.8, 4) is 10.7 Å². The fraction of sp³-hybridized carbons (Fsp3) is 0.400. The van der Waals surface area contributed by atoms with Gasteiger partial charge in [0.05, 0.1) is 18.0 Å². The first kappa shape index (κ1) is 11.3. The number of aromatic amines is 1. The second-order valence-electron chi connectivity index (χ2n) is 3.25. The van der Waals surface area contributed by atoms with Gasteiger partial charge in [-0.15, -0.1) is 11.3 Å². The van der Waals surface area contributed by atoms with Crippen LogP contribution in [0.2, 0.25) is 0 Å². The molecule has 0 amide bonds. The molecule has 6 heteroatoms. The SMILES string of the molecule is COCCNCc1nc(-c2cccs2)n[nH]1. The molecule has 0 aliphatic carbocycles. The topological polar surface area (TPSA) is 62.8 Å². The maximum absolute atomic E-state index is 4.94. The van der Waals surface area contributed by atoms with Gasteiger partial charge in [0, 0.05) is 13.7 Å². The summed E-state index contributed by atoms with van der Waals surface area (Å²) in [6.07, 6.45) is 0. The van der Waals surface area contributed by atoms with Gasteiger partial charge < -0.3 is 10.1 Å². The third-order valence-corrected chi connectivity index (χ3v) is 2.91. The highest BCUT2D eigenvalue weighted by Gasteiger charge is 2.05. The minimum absolute atomic E-state index is 0.682. The number of nitrogens with zero attached hydrogens (tertiary/aromatic N) is 2. The number of nitrogens with one attached hydrogen (secondary N) is 2. The molecule has 2 aromatic rings. The molecule has 0 bridgehead atoms. The molecule has 2 N–H and O–H groups in total. The summed E-state index contributed by atoms with van der Waals surface area (Å²) < 4.78 is 4.94. The number of aromatic nitrogens is 3. The average Bonchev–Trinajstić information content (AvgIpc) is 2.94. The van der Waals surface area contributed by atoms with Gasteiger partial charge in [0.2, 0.25) is 0 Å². The Morgan fingerprint density at radius 3 is 3.25 bits per heavy atom. The van der Waals surface area contributed by atoms with Crippen LogP contribution in [0.15, 0.2) is 17.5 Å². The molecule has 2 aromatic heterocycles. The molecule has 0 radical (unpaired) electrons. The van der Waals surface area contributed by atoms with Gasteiger partial charge in [-0.05, 0) is 11.4 Å². The Morgan fingerprint density at radius 2 is 2.50 bits per heavy atom. The second-order valence-corrected chi connectivity index (χ2v) is 4.20. The van der Waals surface area contributed by atoms with E-state index in [2.05, 4.69) is 20.5 Å². The van der Waals surface area contributed by atoms with Crippen molar-refractivity contribution in [3.05, 3.63) is 23.3 Å². The lowest BCUT2D eigenvalue weighted by atomic mass is 10.4. The number of methoxy groups -OCH3 is 1. The first-order valence-electron chi connectivity index (χ1n) is 5.05. The summed E-state index contributed by atoms with van der Waals surface area (Å²) in [4.78, 5) is 5.47. The van der Waals surface area contributed by atoms with E-state index in [1.807, 2.05) is 17.5 Å². The predicted octanol–water partition coefficient (Wildman–Crippen LogP) is 1.27. The van der Waals surface area contributed by atoms with Gasteiger partial charge in [-0.25, -0.2) is 4.98 Å². The highest BCUT2D eigenvalue weighted by Crippen LogP contribution is 2.20. The Hall–Kier alpha value is -1.24. The minimum atomic E-state index is 0.682. The van der Waals surface area contributed by atoms with Crippen LogP contribution in [-0.2, 0) is 11.3 Å². The van der Waals surface area contributed by atoms with Gasteiger partial charge in [-0.3, -0.25) is 5.10 Å². The zero-order valence-corrected chi connectivity index (χ0v) is 9.88. The van der Waals surface area contributed by atoms with Crippen molar-refractivity contribution in [2.24, 2.45) is 0 Å². The largest absolute Gasteiger partial charge is 0.383 e. The molecule has 0 atom stereocenters. The fourth-order valence-corrected chi connectivity index (χ4v) is 1.93. The van der Waals surface area contributed by atoms with Crippen molar-refractivity contribution in [1.82, 2.24) is 20.5 Å². The van der Waals surface area contributed by atoms with Crippen LogP contribution in [-0.4, -0.2) is 35.4 Å². The third-order valence-electron chi connectivity index (χ3n) is 2.05. The molecule has 0 saturated carbocycles. The molecular formula is C10H14N4OS. The van der Waals surface area contributed by atoms with Crippen molar-refractivity contribution >= 4 is 11.3 Å². The normalized spacial score (nSPS) is 10.8. The zero-order valence-electron chi connectivity index (χ0n) is 9.06. The molecular weight excluding hydrogens is 224 g/mol. The first-order valence-corrected chi connectivity index (χ1v) is 5.93. The molecule has 0 aromatic carbocycles. The van der Waals surface area contributed by atoms with Crippen LogP contribution in [0.5, 0.6) is 0 Å². The van der Waals surface area contributed by atoms with Crippen molar-refractivity contribution in [1.29, 1.82) is 0 Å². The molecule has 2 rings (SSSR count). The number of rotatable bonds is 6. The number of thiophene rings is 1. The Labute approximate surface area is 97.9 Å². The van der Waals surface area contributed by atoms with Crippen LogP contribution in [0.3, 0.4) is 0 Å². The summed E-state index contributed by atoms with van der Waals surface area (Å²) in [6.45, 7) is 2.19. The lowest BCUT2D eigenvalue weighted by Gasteiger charge is -1.99. The maximum atomic E-state index is 4.94. The second kappa shape index (κ2) is 5.74. The summed E-state index contributed by atoms with van der Waals surface area (Å²) in [5, 5.41) is 12.3. The number of hydrogen-bond acceptors (Lipinski definition) is 5. The van der Waals surface area contributed by atoms with Crippen LogP contribution >= 0.6 is 11.3 Å². The van der Waals surface area contributed by atoms with Crippen LogP contribution in [0.25, 0.3) is 10.7 Å². The Kier molecular flexibility index (Phi) is 4.03. The molecule has 0 aliphatic heterocycles. The minimum Gasteiger partial charge on any atom is -0.383 e. The van der Waals surface area contributed by atoms with Crippen molar-refractivity contribution in [3.63, 3.8) is 0 Å². The van der Waals surface area contributed by atoms with E-state index in [9.17, 15) is 0 Å². The summed E-state index contributed by atoms with van der Waals surface area (Å²) in [7, 11) is 1.69. The molecule has 86 valence electrons. The molecule has 0 saturated heterocycles. The highest BCUT2D eigenvalue weighted by atomic mass is 32.1. The van der Waals surface area contributed by atoms with Gasteiger partial charge in [0.1, 0.15) is 5.82 Å². The van der Waals surface area contributed by atoms with E-state index in [0.717, 1.165) is 23.1 Å². The lowest BCUT2D eigenvalue weighted by molar-refractivity contribution is 0.199. The van der Waals surface area contributed by atoms with Crippen LogP contribution < -0.4 is 5.32 Å². The van der Waals surface area contributed by atoms with Gasteiger partial charge in [-0.2, -0.15) is 5.10 Å². The summed E-state index contributed by atoms with van der Waals surface area (Å²) >= 11 is 1.64. The predicted molar refractivity (Wildman–Crippen MR) is 63.3 cm³/mol. The quantitative estimate of drug-likeness (QED) is 0.744. The van der Waals surface area contributed by atoms with Crippen molar-refractivity contribution in [2.45, 2.75) is 6.54 Å². The van der Waals surface area contributed by atoms with Gasteiger partial charge in [-0.1, -0.05) is 6.07 Å². The number of H-pyrrole nitrogens is 1.